The minimum Gasteiger partial charge on any atom is -0.348 e. The fourth-order valence-electron chi connectivity index (χ4n) is 6.26. The lowest BCUT2D eigenvalue weighted by Crippen LogP contribution is -2.55. The van der Waals surface area contributed by atoms with Gasteiger partial charge in [0.1, 0.15) is 0 Å². The van der Waals surface area contributed by atoms with Crippen molar-refractivity contribution in [2.24, 2.45) is 23.2 Å². The van der Waals surface area contributed by atoms with Crippen molar-refractivity contribution in [2.45, 2.75) is 51.5 Å². The summed E-state index contributed by atoms with van der Waals surface area (Å²) in [5.41, 5.74) is 1.78. The van der Waals surface area contributed by atoms with Crippen LogP contribution in [-0.4, -0.2) is 22.1 Å². The van der Waals surface area contributed by atoms with Gasteiger partial charge in [-0.25, -0.2) is 0 Å². The molecule has 4 nitrogen and oxygen atoms in total. The highest BCUT2D eigenvalue weighted by Gasteiger charge is 2.53. The molecule has 1 atom stereocenters. The Hall–Kier alpha value is -1.84. The van der Waals surface area contributed by atoms with E-state index in [4.69, 9.17) is 0 Å². The van der Waals surface area contributed by atoms with Crippen molar-refractivity contribution in [1.82, 2.24) is 15.5 Å². The number of aromatic amines is 1. The molecule has 1 aromatic carbocycles. The van der Waals surface area contributed by atoms with E-state index in [1.165, 1.54) is 38.5 Å². The molecule has 4 aliphatic carbocycles. The Morgan fingerprint density at radius 2 is 1.79 bits per heavy atom. The van der Waals surface area contributed by atoms with Crippen LogP contribution in [0, 0.1) is 23.2 Å². The molecule has 126 valence electrons. The molecule has 0 saturated heterocycles. The summed E-state index contributed by atoms with van der Waals surface area (Å²) in [6.45, 7) is 2.22. The van der Waals surface area contributed by atoms with Gasteiger partial charge in [0.05, 0.1) is 5.52 Å². The largest absolute Gasteiger partial charge is 0.348 e. The average Bonchev–Trinajstić information content (AvgIpc) is 2.97. The number of amides is 1. The quantitative estimate of drug-likeness (QED) is 0.900. The van der Waals surface area contributed by atoms with Gasteiger partial charge in [0.25, 0.3) is 5.91 Å². The van der Waals surface area contributed by atoms with Crippen LogP contribution < -0.4 is 5.32 Å². The molecule has 2 aromatic rings. The average molecular weight is 323 g/mol. The molecule has 4 heteroatoms. The second-order valence-electron chi connectivity index (χ2n) is 8.59. The van der Waals surface area contributed by atoms with E-state index in [0.29, 0.717) is 11.1 Å². The van der Waals surface area contributed by atoms with Gasteiger partial charge in [-0.3, -0.25) is 9.89 Å². The molecule has 1 amide bonds. The van der Waals surface area contributed by atoms with Gasteiger partial charge in [-0.1, -0.05) is 18.2 Å². The van der Waals surface area contributed by atoms with Crippen molar-refractivity contribution in [2.75, 3.05) is 0 Å². The molecule has 4 aliphatic rings. The summed E-state index contributed by atoms with van der Waals surface area (Å²) in [7, 11) is 0. The molecule has 1 heterocycles. The zero-order valence-corrected chi connectivity index (χ0v) is 14.2. The van der Waals surface area contributed by atoms with Crippen molar-refractivity contribution in [3.63, 3.8) is 0 Å². The topological polar surface area (TPSA) is 57.8 Å². The van der Waals surface area contributed by atoms with E-state index >= 15 is 0 Å². The summed E-state index contributed by atoms with van der Waals surface area (Å²) in [4.78, 5) is 12.8. The normalized spacial score (nSPS) is 35.3. The molecule has 0 radical (unpaired) electrons. The Labute approximate surface area is 142 Å². The predicted octanol–water partition coefficient (Wildman–Crippen LogP) is 3.90. The van der Waals surface area contributed by atoms with Crippen LogP contribution in [0.4, 0.5) is 0 Å². The molecule has 24 heavy (non-hydrogen) atoms. The number of aromatic nitrogens is 2. The number of benzene rings is 1. The Morgan fingerprint density at radius 3 is 2.46 bits per heavy atom. The van der Waals surface area contributed by atoms with Crippen LogP contribution in [0.5, 0.6) is 0 Å². The first kappa shape index (κ1) is 14.5. The maximum Gasteiger partial charge on any atom is 0.272 e. The maximum atomic E-state index is 12.8. The van der Waals surface area contributed by atoms with Crippen molar-refractivity contribution in [1.29, 1.82) is 0 Å². The van der Waals surface area contributed by atoms with Crippen LogP contribution in [0.2, 0.25) is 0 Å². The summed E-state index contributed by atoms with van der Waals surface area (Å²) < 4.78 is 0. The fourth-order valence-corrected chi connectivity index (χ4v) is 6.26. The van der Waals surface area contributed by atoms with Gasteiger partial charge in [-0.2, -0.15) is 5.10 Å². The first-order valence-electron chi connectivity index (χ1n) is 9.37. The number of H-pyrrole nitrogens is 1. The number of hydrogen-bond donors (Lipinski definition) is 2. The molecular weight excluding hydrogens is 298 g/mol. The highest BCUT2D eigenvalue weighted by molar-refractivity contribution is 6.04. The maximum absolute atomic E-state index is 12.8. The van der Waals surface area contributed by atoms with E-state index in [1.807, 2.05) is 24.3 Å². The van der Waals surface area contributed by atoms with Gasteiger partial charge in [0.2, 0.25) is 0 Å². The second kappa shape index (κ2) is 5.08. The van der Waals surface area contributed by atoms with Crippen LogP contribution in [0.1, 0.15) is 55.9 Å². The third kappa shape index (κ3) is 2.11. The van der Waals surface area contributed by atoms with E-state index in [2.05, 4.69) is 22.4 Å². The minimum atomic E-state index is -0.0318. The summed E-state index contributed by atoms with van der Waals surface area (Å²) in [6.07, 6.45) is 8.23. The predicted molar refractivity (Wildman–Crippen MR) is 93.6 cm³/mol. The van der Waals surface area contributed by atoms with E-state index in [0.717, 1.165) is 28.7 Å². The van der Waals surface area contributed by atoms with E-state index in [1.54, 1.807) is 0 Å². The van der Waals surface area contributed by atoms with Gasteiger partial charge in [0.15, 0.2) is 5.69 Å². The van der Waals surface area contributed by atoms with Crippen LogP contribution >= 0.6 is 0 Å². The van der Waals surface area contributed by atoms with Crippen molar-refractivity contribution >= 4 is 16.8 Å². The van der Waals surface area contributed by atoms with Crippen molar-refractivity contribution < 1.29 is 4.79 Å². The molecule has 4 saturated carbocycles. The van der Waals surface area contributed by atoms with E-state index in [-0.39, 0.29) is 11.9 Å². The lowest BCUT2D eigenvalue weighted by Gasteiger charge is -2.59. The number of nitrogens with zero attached hydrogens (tertiary/aromatic N) is 1. The third-order valence-corrected chi connectivity index (χ3v) is 7.04. The van der Waals surface area contributed by atoms with Crippen molar-refractivity contribution in [3.05, 3.63) is 30.0 Å². The van der Waals surface area contributed by atoms with Gasteiger partial charge in [-0.15, -0.1) is 0 Å². The molecule has 4 bridgehead atoms. The number of rotatable bonds is 3. The zero-order valence-electron chi connectivity index (χ0n) is 14.2. The molecule has 0 spiro atoms. The first-order chi connectivity index (χ1) is 11.6. The van der Waals surface area contributed by atoms with Crippen molar-refractivity contribution in [3.8, 4) is 0 Å². The van der Waals surface area contributed by atoms with E-state index < -0.39 is 0 Å². The highest BCUT2D eigenvalue weighted by atomic mass is 16.2. The second-order valence-corrected chi connectivity index (χ2v) is 8.59. The Kier molecular flexibility index (Phi) is 3.07. The molecule has 0 aliphatic heterocycles. The highest BCUT2D eigenvalue weighted by Crippen LogP contribution is 2.61. The number of carbonyl (C=O) groups is 1. The molecule has 1 aromatic heterocycles. The number of carbonyl (C=O) groups excluding carboxylic acids is 1. The summed E-state index contributed by atoms with van der Waals surface area (Å²) in [6, 6.07) is 8.07. The summed E-state index contributed by atoms with van der Waals surface area (Å²) in [5, 5.41) is 11.4. The lowest BCUT2D eigenvalue weighted by molar-refractivity contribution is -0.0688. The zero-order chi connectivity index (χ0) is 16.3. The van der Waals surface area contributed by atoms with Gasteiger partial charge in [0, 0.05) is 11.4 Å². The molecule has 6 rings (SSSR count). The number of fused-ring (bicyclic) bond motifs is 1. The van der Waals surface area contributed by atoms with Crippen LogP contribution in [-0.2, 0) is 0 Å². The van der Waals surface area contributed by atoms with E-state index in [9.17, 15) is 4.79 Å². The Morgan fingerprint density at radius 1 is 1.17 bits per heavy atom. The third-order valence-electron chi connectivity index (χ3n) is 7.04. The molecule has 4 fully saturated rings. The van der Waals surface area contributed by atoms with Gasteiger partial charge < -0.3 is 5.32 Å². The standard InChI is InChI=1S/C20H25N3O/c1-12(20-9-13-6-14(10-20)8-15(7-13)11-20)21-19(24)18-16-4-2-3-5-17(16)22-23-18/h2-5,12-15H,6-11H2,1H3,(H,21,24)(H,22,23). The monoisotopic (exact) mass is 323 g/mol. The van der Waals surface area contributed by atoms with Gasteiger partial charge in [-0.05, 0) is 74.7 Å². The van der Waals surface area contributed by atoms with Crippen LogP contribution in [0.3, 0.4) is 0 Å². The van der Waals surface area contributed by atoms with Crippen LogP contribution in [0.15, 0.2) is 24.3 Å². The van der Waals surface area contributed by atoms with Crippen LogP contribution in [0.25, 0.3) is 10.9 Å². The smallest absolute Gasteiger partial charge is 0.272 e. The lowest BCUT2D eigenvalue weighted by atomic mass is 9.48. The van der Waals surface area contributed by atoms with Gasteiger partial charge >= 0.3 is 0 Å². The first-order valence-corrected chi connectivity index (χ1v) is 9.37. The molecule has 2 N–H and O–H groups in total. The summed E-state index contributed by atoms with van der Waals surface area (Å²) >= 11 is 0. The number of nitrogens with one attached hydrogen (secondary N) is 2. The number of para-hydroxylation sites is 1. The molecule has 1 unspecified atom stereocenters. The summed E-state index contributed by atoms with van der Waals surface area (Å²) in [5.74, 6) is 2.68. The SMILES string of the molecule is CC(NC(=O)c1n[nH]c2ccccc12)C12CC3CC(CC(C3)C1)C2. The Bertz CT molecular complexity index is 758. The Balaban J connectivity index is 1.38. The number of hydrogen-bond acceptors (Lipinski definition) is 2. The fraction of sp³-hybridized carbons (Fsp3) is 0.600. The molecular formula is C20H25N3O. The minimum absolute atomic E-state index is 0.0318.